The molecule has 0 spiro atoms. The van der Waals surface area contributed by atoms with Crippen LogP contribution in [0.5, 0.6) is 5.75 Å². The van der Waals surface area contributed by atoms with Gasteiger partial charge in [-0.05, 0) is 18.2 Å². The molecule has 2 rings (SSSR count). The number of ether oxygens (including phenoxy) is 1. The lowest BCUT2D eigenvalue weighted by molar-refractivity contribution is -0.138. The maximum absolute atomic E-state index is 11.3. The molecule has 0 bridgehead atoms. The predicted molar refractivity (Wildman–Crippen MR) is 66.7 cm³/mol. The molecule has 0 radical (unpaired) electrons. The molecule has 96 valence electrons. The molecule has 4 N–H and O–H groups in total. The number of anilines is 2. The number of likely N-dealkylation sites (tertiary alicyclic amines) is 1. The largest absolute Gasteiger partial charge is 0.490 e. The van der Waals surface area contributed by atoms with Crippen LogP contribution in [0.25, 0.3) is 0 Å². The molecular formula is C12H15N3O3. The van der Waals surface area contributed by atoms with Gasteiger partial charge in [0.05, 0.1) is 12.2 Å². The number of imide groups is 1. The van der Waals surface area contributed by atoms with Crippen LogP contribution in [0.4, 0.5) is 11.4 Å². The average Bonchev–Trinajstić information content (AvgIpc) is 2.63. The van der Waals surface area contributed by atoms with Crippen molar-refractivity contribution in [2.24, 2.45) is 0 Å². The van der Waals surface area contributed by atoms with Crippen LogP contribution in [0.2, 0.25) is 0 Å². The Bertz CT molecular complexity index is 471. The van der Waals surface area contributed by atoms with Crippen LogP contribution in [0.3, 0.4) is 0 Å². The minimum Gasteiger partial charge on any atom is -0.490 e. The van der Waals surface area contributed by atoms with Crippen LogP contribution < -0.4 is 16.2 Å². The van der Waals surface area contributed by atoms with Gasteiger partial charge in [0.1, 0.15) is 12.4 Å². The highest BCUT2D eigenvalue weighted by molar-refractivity contribution is 6.01. The zero-order chi connectivity index (χ0) is 13.1. The van der Waals surface area contributed by atoms with Gasteiger partial charge in [0.25, 0.3) is 0 Å². The molecule has 1 aliphatic heterocycles. The van der Waals surface area contributed by atoms with Gasteiger partial charge >= 0.3 is 0 Å². The normalized spacial score (nSPS) is 15.2. The number of amides is 2. The van der Waals surface area contributed by atoms with Crippen molar-refractivity contribution in [2.75, 3.05) is 24.6 Å². The molecule has 0 aliphatic carbocycles. The van der Waals surface area contributed by atoms with Crippen molar-refractivity contribution >= 4 is 23.2 Å². The van der Waals surface area contributed by atoms with Crippen LogP contribution in [0.1, 0.15) is 12.8 Å². The maximum Gasteiger partial charge on any atom is 0.229 e. The third-order valence-corrected chi connectivity index (χ3v) is 2.76. The summed E-state index contributed by atoms with van der Waals surface area (Å²) in [7, 11) is 0. The smallest absolute Gasteiger partial charge is 0.229 e. The van der Waals surface area contributed by atoms with E-state index in [1.807, 2.05) is 0 Å². The summed E-state index contributed by atoms with van der Waals surface area (Å²) >= 11 is 0. The Morgan fingerprint density at radius 3 is 2.44 bits per heavy atom. The van der Waals surface area contributed by atoms with Crippen LogP contribution in [-0.4, -0.2) is 29.9 Å². The van der Waals surface area contributed by atoms with Crippen molar-refractivity contribution in [1.29, 1.82) is 0 Å². The van der Waals surface area contributed by atoms with E-state index in [0.717, 1.165) is 0 Å². The van der Waals surface area contributed by atoms with Crippen molar-refractivity contribution in [3.8, 4) is 5.75 Å². The summed E-state index contributed by atoms with van der Waals surface area (Å²) < 4.78 is 5.42. The number of nitrogen functional groups attached to an aromatic ring is 2. The third kappa shape index (κ3) is 2.53. The van der Waals surface area contributed by atoms with Gasteiger partial charge in [-0.25, -0.2) is 0 Å². The Morgan fingerprint density at radius 2 is 1.83 bits per heavy atom. The molecular weight excluding hydrogens is 234 g/mol. The summed E-state index contributed by atoms with van der Waals surface area (Å²) in [6.45, 7) is 0.479. The summed E-state index contributed by atoms with van der Waals surface area (Å²) in [6.07, 6.45) is 0.589. The second-order valence-corrected chi connectivity index (χ2v) is 4.08. The van der Waals surface area contributed by atoms with Crippen molar-refractivity contribution in [1.82, 2.24) is 4.90 Å². The lowest BCUT2D eigenvalue weighted by Crippen LogP contribution is -2.33. The van der Waals surface area contributed by atoms with Gasteiger partial charge in [0, 0.05) is 18.5 Å². The molecule has 0 atom stereocenters. The summed E-state index contributed by atoms with van der Waals surface area (Å²) in [5.74, 6) is 0.214. The Morgan fingerprint density at radius 1 is 1.17 bits per heavy atom. The van der Waals surface area contributed by atoms with Crippen molar-refractivity contribution in [2.45, 2.75) is 12.8 Å². The summed E-state index contributed by atoms with van der Waals surface area (Å²) in [4.78, 5) is 23.9. The molecule has 2 amide bonds. The minimum absolute atomic E-state index is 0.145. The van der Waals surface area contributed by atoms with E-state index < -0.39 is 0 Å². The van der Waals surface area contributed by atoms with E-state index in [-0.39, 0.29) is 25.0 Å². The van der Waals surface area contributed by atoms with Gasteiger partial charge in [-0.3, -0.25) is 14.5 Å². The molecule has 0 saturated carbocycles. The van der Waals surface area contributed by atoms with E-state index >= 15 is 0 Å². The van der Waals surface area contributed by atoms with Gasteiger partial charge in [-0.1, -0.05) is 0 Å². The van der Waals surface area contributed by atoms with Gasteiger partial charge in [0.2, 0.25) is 11.8 Å². The zero-order valence-corrected chi connectivity index (χ0v) is 9.89. The Kier molecular flexibility index (Phi) is 3.36. The zero-order valence-electron chi connectivity index (χ0n) is 9.89. The highest BCUT2D eigenvalue weighted by atomic mass is 16.5. The minimum atomic E-state index is -0.145. The average molecular weight is 249 g/mol. The van der Waals surface area contributed by atoms with Crippen LogP contribution in [0.15, 0.2) is 18.2 Å². The van der Waals surface area contributed by atoms with E-state index in [4.69, 9.17) is 16.2 Å². The summed E-state index contributed by atoms with van der Waals surface area (Å²) in [5.41, 5.74) is 12.3. The Balaban J connectivity index is 1.88. The van der Waals surface area contributed by atoms with Crippen molar-refractivity contribution in [3.05, 3.63) is 18.2 Å². The topological polar surface area (TPSA) is 98.6 Å². The number of hydrogen-bond donors (Lipinski definition) is 2. The van der Waals surface area contributed by atoms with E-state index in [1.165, 1.54) is 4.90 Å². The van der Waals surface area contributed by atoms with E-state index in [9.17, 15) is 9.59 Å². The Hall–Kier alpha value is -2.24. The van der Waals surface area contributed by atoms with Gasteiger partial charge in [-0.2, -0.15) is 0 Å². The standard InChI is InChI=1S/C12H15N3O3/c13-8-1-2-10(9(14)7-8)18-6-5-15-11(16)3-4-12(15)17/h1-2,7H,3-6,13-14H2. The first-order chi connectivity index (χ1) is 8.58. The molecule has 1 aromatic carbocycles. The second-order valence-electron chi connectivity index (χ2n) is 4.08. The fourth-order valence-corrected chi connectivity index (χ4v) is 1.82. The molecule has 6 heteroatoms. The number of hydrogen-bond acceptors (Lipinski definition) is 5. The molecule has 1 aromatic rings. The van der Waals surface area contributed by atoms with E-state index in [0.29, 0.717) is 30.0 Å². The first kappa shape index (κ1) is 12.2. The molecule has 0 unspecified atom stereocenters. The molecule has 1 aliphatic rings. The number of carbonyl (C=O) groups is 2. The fourth-order valence-electron chi connectivity index (χ4n) is 1.82. The quantitative estimate of drug-likeness (QED) is 0.593. The van der Waals surface area contributed by atoms with Gasteiger partial charge in [0.15, 0.2) is 0 Å². The first-order valence-corrected chi connectivity index (χ1v) is 5.69. The number of carbonyl (C=O) groups excluding carboxylic acids is 2. The summed E-state index contributed by atoms with van der Waals surface area (Å²) in [6, 6.07) is 4.94. The van der Waals surface area contributed by atoms with E-state index in [2.05, 4.69) is 0 Å². The highest BCUT2D eigenvalue weighted by Crippen LogP contribution is 2.23. The number of nitrogens with zero attached hydrogens (tertiary/aromatic N) is 1. The van der Waals surface area contributed by atoms with Crippen molar-refractivity contribution in [3.63, 3.8) is 0 Å². The molecule has 6 nitrogen and oxygen atoms in total. The molecule has 18 heavy (non-hydrogen) atoms. The van der Waals surface area contributed by atoms with Gasteiger partial charge < -0.3 is 16.2 Å². The predicted octanol–water partition coefficient (Wildman–Crippen LogP) is 0.379. The highest BCUT2D eigenvalue weighted by Gasteiger charge is 2.28. The lowest BCUT2D eigenvalue weighted by Gasteiger charge is -2.15. The number of benzene rings is 1. The molecule has 1 saturated heterocycles. The molecule has 0 aromatic heterocycles. The van der Waals surface area contributed by atoms with Gasteiger partial charge in [-0.15, -0.1) is 0 Å². The SMILES string of the molecule is Nc1ccc(OCCN2C(=O)CCC2=O)c(N)c1. The monoisotopic (exact) mass is 249 g/mol. The lowest BCUT2D eigenvalue weighted by atomic mass is 10.2. The molecule has 1 heterocycles. The molecule has 1 fully saturated rings. The number of rotatable bonds is 4. The third-order valence-electron chi connectivity index (χ3n) is 2.76. The van der Waals surface area contributed by atoms with Crippen LogP contribution in [0, 0.1) is 0 Å². The van der Waals surface area contributed by atoms with Crippen molar-refractivity contribution < 1.29 is 14.3 Å². The van der Waals surface area contributed by atoms with Crippen LogP contribution >= 0.6 is 0 Å². The van der Waals surface area contributed by atoms with E-state index in [1.54, 1.807) is 18.2 Å². The Labute approximate surface area is 104 Å². The number of nitrogens with two attached hydrogens (primary N) is 2. The summed E-state index contributed by atoms with van der Waals surface area (Å²) in [5, 5.41) is 0. The first-order valence-electron chi connectivity index (χ1n) is 5.69. The fraction of sp³-hybridized carbons (Fsp3) is 0.333. The second kappa shape index (κ2) is 4.95. The van der Waals surface area contributed by atoms with Crippen LogP contribution in [-0.2, 0) is 9.59 Å². The maximum atomic E-state index is 11.3.